The maximum atomic E-state index is 12.7. The Kier molecular flexibility index (Phi) is 4.10. The van der Waals surface area contributed by atoms with Crippen molar-refractivity contribution in [3.05, 3.63) is 36.5 Å². The third-order valence-corrected chi connectivity index (χ3v) is 3.91. The summed E-state index contributed by atoms with van der Waals surface area (Å²) in [5.74, 6) is 0.486. The van der Waals surface area contributed by atoms with Gasteiger partial charge in [-0.3, -0.25) is 9.36 Å². The fraction of sp³-hybridized carbons (Fsp3) is 0.467. The number of likely N-dealkylation sites (tertiary alicyclic amines) is 1. The van der Waals surface area contributed by atoms with Gasteiger partial charge in [0.25, 0.3) is 5.91 Å². The van der Waals surface area contributed by atoms with Crippen molar-refractivity contribution in [2.45, 2.75) is 12.0 Å². The average molecular weight is 316 g/mol. The molecule has 1 amide bonds. The lowest BCUT2D eigenvalue weighted by Gasteiger charge is -2.26. The van der Waals surface area contributed by atoms with Crippen molar-refractivity contribution in [3.63, 3.8) is 0 Å². The van der Waals surface area contributed by atoms with Crippen LogP contribution in [0.5, 0.6) is 0 Å². The monoisotopic (exact) mass is 316 g/mol. The summed E-state index contributed by atoms with van der Waals surface area (Å²) < 4.78 is 1.64. The molecule has 8 heteroatoms. The highest BCUT2D eigenvalue weighted by molar-refractivity contribution is 5.94. The van der Waals surface area contributed by atoms with Gasteiger partial charge in [0, 0.05) is 24.8 Å². The van der Waals surface area contributed by atoms with Gasteiger partial charge in [-0.25, -0.2) is 4.98 Å². The van der Waals surface area contributed by atoms with Gasteiger partial charge in [-0.05, 0) is 32.6 Å². The molecule has 0 unspecified atom stereocenters. The van der Waals surface area contributed by atoms with E-state index < -0.39 is 5.60 Å². The summed E-state index contributed by atoms with van der Waals surface area (Å²) in [6.07, 6.45) is 5.23. The molecule has 23 heavy (non-hydrogen) atoms. The predicted octanol–water partition coefficient (Wildman–Crippen LogP) is -0.199. The van der Waals surface area contributed by atoms with E-state index in [9.17, 15) is 9.90 Å². The van der Waals surface area contributed by atoms with Gasteiger partial charge < -0.3 is 14.9 Å². The summed E-state index contributed by atoms with van der Waals surface area (Å²) in [6.45, 7) is 1.43. The van der Waals surface area contributed by atoms with E-state index in [0.29, 0.717) is 37.4 Å². The second-order valence-corrected chi connectivity index (χ2v) is 6.21. The smallest absolute Gasteiger partial charge is 0.254 e. The quantitative estimate of drug-likeness (QED) is 0.840. The van der Waals surface area contributed by atoms with Crippen molar-refractivity contribution < 1.29 is 9.90 Å². The SMILES string of the molecule is CN(C)C[C@@]1(O)CCN(C(=O)c2ccnc(-n3cnnc3)c2)C1. The first-order valence-electron chi connectivity index (χ1n) is 7.44. The van der Waals surface area contributed by atoms with Gasteiger partial charge in [0.1, 0.15) is 18.5 Å². The Bertz CT molecular complexity index is 687. The molecule has 1 aliphatic rings. The van der Waals surface area contributed by atoms with Crippen molar-refractivity contribution in [3.8, 4) is 5.82 Å². The van der Waals surface area contributed by atoms with Crippen molar-refractivity contribution in [2.75, 3.05) is 33.7 Å². The third-order valence-electron chi connectivity index (χ3n) is 3.91. The van der Waals surface area contributed by atoms with Crippen LogP contribution < -0.4 is 0 Å². The fourth-order valence-corrected chi connectivity index (χ4v) is 2.94. The van der Waals surface area contributed by atoms with Gasteiger partial charge >= 0.3 is 0 Å². The maximum absolute atomic E-state index is 12.7. The van der Waals surface area contributed by atoms with E-state index in [2.05, 4.69) is 15.2 Å². The standard InChI is InChI=1S/C15H20N6O2/c1-19(2)8-15(23)4-6-20(9-15)14(22)12-3-5-16-13(7-12)21-10-17-18-11-21/h3,5,7,10-11,23H,4,6,8-9H2,1-2H3/t15-/m0/s1. The number of aromatic nitrogens is 4. The number of β-amino-alcohol motifs (C(OH)–C–C–N with tert-alkyl or cyclic N) is 1. The van der Waals surface area contributed by atoms with E-state index in [1.807, 2.05) is 19.0 Å². The molecule has 1 fully saturated rings. The van der Waals surface area contributed by atoms with Gasteiger partial charge in [0.05, 0.1) is 12.1 Å². The summed E-state index contributed by atoms with van der Waals surface area (Å²) >= 11 is 0. The zero-order valence-corrected chi connectivity index (χ0v) is 13.3. The van der Waals surface area contributed by atoms with Crippen LogP contribution in [0.15, 0.2) is 31.0 Å². The van der Waals surface area contributed by atoms with Crippen LogP contribution in [-0.2, 0) is 0 Å². The second-order valence-electron chi connectivity index (χ2n) is 6.21. The molecule has 3 rings (SSSR count). The third kappa shape index (κ3) is 3.38. The number of amides is 1. The average Bonchev–Trinajstić information content (AvgIpc) is 3.16. The van der Waals surface area contributed by atoms with Crippen molar-refractivity contribution in [2.24, 2.45) is 0 Å². The molecule has 0 radical (unpaired) electrons. The summed E-state index contributed by atoms with van der Waals surface area (Å²) in [5.41, 5.74) is -0.304. The van der Waals surface area contributed by atoms with E-state index in [0.717, 1.165) is 0 Å². The molecule has 1 atom stereocenters. The zero-order chi connectivity index (χ0) is 16.4. The number of nitrogens with zero attached hydrogens (tertiary/aromatic N) is 6. The minimum Gasteiger partial charge on any atom is -0.387 e. The maximum Gasteiger partial charge on any atom is 0.254 e. The Balaban J connectivity index is 1.75. The largest absolute Gasteiger partial charge is 0.387 e. The van der Waals surface area contributed by atoms with Crippen LogP contribution in [0, 0.1) is 0 Å². The molecule has 1 N–H and O–H groups in total. The molecule has 1 aliphatic heterocycles. The molecular formula is C15H20N6O2. The molecule has 8 nitrogen and oxygen atoms in total. The first-order valence-corrected chi connectivity index (χ1v) is 7.44. The highest BCUT2D eigenvalue weighted by atomic mass is 16.3. The minimum absolute atomic E-state index is 0.101. The van der Waals surface area contributed by atoms with Crippen LogP contribution in [-0.4, -0.2) is 79.9 Å². The highest BCUT2D eigenvalue weighted by Gasteiger charge is 2.38. The van der Waals surface area contributed by atoms with E-state index in [1.165, 1.54) is 12.7 Å². The molecule has 0 bridgehead atoms. The lowest BCUT2D eigenvalue weighted by atomic mass is 10.0. The summed E-state index contributed by atoms with van der Waals surface area (Å²) in [6, 6.07) is 3.38. The van der Waals surface area contributed by atoms with Crippen molar-refractivity contribution in [1.82, 2.24) is 29.5 Å². The number of carbonyl (C=O) groups excluding carboxylic acids is 1. The molecule has 0 aromatic carbocycles. The molecule has 0 aliphatic carbocycles. The van der Waals surface area contributed by atoms with Gasteiger partial charge in [0.2, 0.25) is 0 Å². The van der Waals surface area contributed by atoms with Crippen LogP contribution in [0.4, 0.5) is 0 Å². The molecule has 3 heterocycles. The molecule has 2 aromatic rings. The summed E-state index contributed by atoms with van der Waals surface area (Å²) in [4.78, 5) is 20.5. The molecule has 0 spiro atoms. The Hall–Kier alpha value is -2.32. The Morgan fingerprint density at radius 2 is 2.13 bits per heavy atom. The number of hydrogen-bond acceptors (Lipinski definition) is 6. The van der Waals surface area contributed by atoms with E-state index in [1.54, 1.807) is 27.8 Å². The highest BCUT2D eigenvalue weighted by Crippen LogP contribution is 2.23. The topological polar surface area (TPSA) is 87.4 Å². The molecule has 0 saturated carbocycles. The number of hydrogen-bond donors (Lipinski definition) is 1. The summed E-state index contributed by atoms with van der Waals surface area (Å²) in [5, 5.41) is 18.0. The van der Waals surface area contributed by atoms with Crippen LogP contribution in [0.2, 0.25) is 0 Å². The van der Waals surface area contributed by atoms with Gasteiger partial charge in [-0.15, -0.1) is 10.2 Å². The van der Waals surface area contributed by atoms with Crippen LogP contribution in [0.25, 0.3) is 5.82 Å². The number of rotatable bonds is 4. The first-order chi connectivity index (χ1) is 11.0. The van der Waals surface area contributed by atoms with E-state index in [4.69, 9.17) is 0 Å². The number of likely N-dealkylation sites (N-methyl/N-ethyl adjacent to an activating group) is 1. The Labute approximate surface area is 134 Å². The minimum atomic E-state index is -0.844. The number of aliphatic hydroxyl groups is 1. The van der Waals surface area contributed by atoms with E-state index in [-0.39, 0.29) is 5.91 Å². The Morgan fingerprint density at radius 1 is 1.39 bits per heavy atom. The normalized spacial score (nSPS) is 21.1. The molecule has 2 aromatic heterocycles. The lowest BCUT2D eigenvalue weighted by Crippen LogP contribution is -2.43. The Morgan fingerprint density at radius 3 is 2.83 bits per heavy atom. The zero-order valence-electron chi connectivity index (χ0n) is 13.3. The number of carbonyl (C=O) groups is 1. The molecular weight excluding hydrogens is 296 g/mol. The second kappa shape index (κ2) is 6.05. The van der Waals surface area contributed by atoms with Crippen LogP contribution >= 0.6 is 0 Å². The van der Waals surface area contributed by atoms with E-state index >= 15 is 0 Å². The lowest BCUT2D eigenvalue weighted by molar-refractivity contribution is 0.0236. The van der Waals surface area contributed by atoms with Crippen molar-refractivity contribution in [1.29, 1.82) is 0 Å². The number of pyridine rings is 1. The van der Waals surface area contributed by atoms with Gasteiger partial charge in [-0.2, -0.15) is 0 Å². The van der Waals surface area contributed by atoms with Crippen LogP contribution in [0.3, 0.4) is 0 Å². The first kappa shape index (κ1) is 15.6. The fourth-order valence-electron chi connectivity index (χ4n) is 2.94. The van der Waals surface area contributed by atoms with Gasteiger partial charge in [-0.1, -0.05) is 0 Å². The van der Waals surface area contributed by atoms with Gasteiger partial charge in [0.15, 0.2) is 0 Å². The molecule has 122 valence electrons. The van der Waals surface area contributed by atoms with Crippen molar-refractivity contribution >= 4 is 5.91 Å². The predicted molar refractivity (Wildman–Crippen MR) is 83.2 cm³/mol. The van der Waals surface area contributed by atoms with Crippen LogP contribution in [0.1, 0.15) is 16.8 Å². The summed E-state index contributed by atoms with van der Waals surface area (Å²) in [7, 11) is 3.83. The molecule has 1 saturated heterocycles.